The van der Waals surface area contributed by atoms with Crippen molar-refractivity contribution in [2.24, 2.45) is 0 Å². The van der Waals surface area contributed by atoms with Gasteiger partial charge in [-0.2, -0.15) is 0 Å². The predicted molar refractivity (Wildman–Crippen MR) is 95.5 cm³/mol. The van der Waals surface area contributed by atoms with E-state index in [4.69, 9.17) is 16.3 Å². The fourth-order valence-corrected chi connectivity index (χ4v) is 3.47. The summed E-state index contributed by atoms with van der Waals surface area (Å²) in [4.78, 5) is 14.5. The van der Waals surface area contributed by atoms with E-state index in [9.17, 15) is 4.79 Å². The molecule has 0 aliphatic carbocycles. The summed E-state index contributed by atoms with van der Waals surface area (Å²) >= 11 is 5.94. The van der Waals surface area contributed by atoms with Gasteiger partial charge in [-0.3, -0.25) is 4.79 Å². The smallest absolute Gasteiger partial charge is 0.223 e. The molecule has 24 heavy (non-hydrogen) atoms. The second kappa shape index (κ2) is 7.31. The summed E-state index contributed by atoms with van der Waals surface area (Å²) in [5.74, 6) is 1.03. The van der Waals surface area contributed by atoms with Gasteiger partial charge in [-0.1, -0.05) is 11.6 Å². The van der Waals surface area contributed by atoms with E-state index in [1.807, 2.05) is 36.1 Å². The molecule has 0 bridgehead atoms. The standard InChI is InChI=1S/C19H23ClN2O2/c1-14-13-16(20)7-8-18(14)24-12-4-6-19(23)22-11-10-21-9-3-5-17(21)15(22)2/h3,5,7-9,13,15H,4,6,10-12H2,1-2H3. The molecule has 1 aliphatic heterocycles. The van der Waals surface area contributed by atoms with Crippen LogP contribution in [0.4, 0.5) is 0 Å². The topological polar surface area (TPSA) is 34.5 Å². The molecule has 4 nitrogen and oxygen atoms in total. The number of fused-ring (bicyclic) bond motifs is 1. The number of hydrogen-bond donors (Lipinski definition) is 0. The second-order valence-corrected chi connectivity index (χ2v) is 6.69. The third-order valence-electron chi connectivity index (χ3n) is 4.59. The van der Waals surface area contributed by atoms with Gasteiger partial charge in [0.2, 0.25) is 5.91 Å². The molecule has 2 aromatic rings. The normalized spacial score (nSPS) is 16.8. The van der Waals surface area contributed by atoms with Gasteiger partial charge in [0.15, 0.2) is 0 Å². The van der Waals surface area contributed by atoms with Crippen LogP contribution >= 0.6 is 11.6 Å². The Bertz CT molecular complexity index is 726. The third-order valence-corrected chi connectivity index (χ3v) is 4.83. The van der Waals surface area contributed by atoms with Crippen molar-refractivity contribution in [2.75, 3.05) is 13.2 Å². The zero-order chi connectivity index (χ0) is 17.1. The highest BCUT2D eigenvalue weighted by molar-refractivity contribution is 6.30. The van der Waals surface area contributed by atoms with Crippen LogP contribution in [-0.4, -0.2) is 28.5 Å². The predicted octanol–water partition coefficient (Wildman–Crippen LogP) is 4.21. The molecule has 3 rings (SSSR count). The largest absolute Gasteiger partial charge is 0.493 e. The molecule has 0 saturated carbocycles. The molecule has 0 saturated heterocycles. The minimum absolute atomic E-state index is 0.140. The molecule has 1 aromatic heterocycles. The number of carbonyl (C=O) groups is 1. The van der Waals surface area contributed by atoms with Crippen molar-refractivity contribution in [1.29, 1.82) is 0 Å². The van der Waals surface area contributed by atoms with Crippen molar-refractivity contribution in [2.45, 2.75) is 39.3 Å². The Morgan fingerprint density at radius 2 is 2.17 bits per heavy atom. The summed E-state index contributed by atoms with van der Waals surface area (Å²) in [6.07, 6.45) is 3.30. The zero-order valence-electron chi connectivity index (χ0n) is 14.2. The minimum Gasteiger partial charge on any atom is -0.493 e. The van der Waals surface area contributed by atoms with Gasteiger partial charge in [0.1, 0.15) is 5.75 Å². The second-order valence-electron chi connectivity index (χ2n) is 6.25. The molecule has 1 amide bonds. The van der Waals surface area contributed by atoms with Gasteiger partial charge in [0.05, 0.1) is 12.6 Å². The summed E-state index contributed by atoms with van der Waals surface area (Å²) in [6.45, 7) is 6.25. The summed E-state index contributed by atoms with van der Waals surface area (Å²) in [7, 11) is 0. The molecule has 1 aliphatic rings. The first kappa shape index (κ1) is 16.9. The Kier molecular flexibility index (Phi) is 5.14. The number of hydrogen-bond acceptors (Lipinski definition) is 2. The highest BCUT2D eigenvalue weighted by Crippen LogP contribution is 2.26. The van der Waals surface area contributed by atoms with Crippen LogP contribution < -0.4 is 4.74 Å². The van der Waals surface area contributed by atoms with E-state index in [0.29, 0.717) is 24.5 Å². The van der Waals surface area contributed by atoms with Crippen LogP contribution in [0.2, 0.25) is 5.02 Å². The number of halogens is 1. The molecule has 5 heteroatoms. The molecule has 1 unspecified atom stereocenters. The summed E-state index contributed by atoms with van der Waals surface area (Å²) in [6, 6.07) is 9.85. The quantitative estimate of drug-likeness (QED) is 0.760. The van der Waals surface area contributed by atoms with Gasteiger partial charge in [0, 0.05) is 36.4 Å². The van der Waals surface area contributed by atoms with Crippen LogP contribution in [0.5, 0.6) is 5.75 Å². The highest BCUT2D eigenvalue weighted by Gasteiger charge is 2.26. The SMILES string of the molecule is Cc1cc(Cl)ccc1OCCCC(=O)N1CCn2cccc2C1C. The highest BCUT2D eigenvalue weighted by atomic mass is 35.5. The Morgan fingerprint density at radius 3 is 2.96 bits per heavy atom. The summed E-state index contributed by atoms with van der Waals surface area (Å²) in [5.41, 5.74) is 2.22. The van der Waals surface area contributed by atoms with E-state index >= 15 is 0 Å². The lowest BCUT2D eigenvalue weighted by Crippen LogP contribution is -2.40. The molecule has 1 atom stereocenters. The molecule has 128 valence electrons. The number of aryl methyl sites for hydroxylation is 1. The number of benzene rings is 1. The van der Waals surface area contributed by atoms with Crippen LogP contribution in [0.1, 0.15) is 37.1 Å². The average Bonchev–Trinajstić information content (AvgIpc) is 3.03. The average molecular weight is 347 g/mol. The van der Waals surface area contributed by atoms with Gasteiger partial charge in [-0.15, -0.1) is 0 Å². The third kappa shape index (κ3) is 3.59. The molecule has 0 N–H and O–H groups in total. The van der Waals surface area contributed by atoms with E-state index in [0.717, 1.165) is 24.4 Å². The molecule has 0 spiro atoms. The van der Waals surface area contributed by atoms with Crippen molar-refractivity contribution in [3.05, 3.63) is 52.8 Å². The summed E-state index contributed by atoms with van der Waals surface area (Å²) in [5, 5.41) is 0.707. The van der Waals surface area contributed by atoms with Crippen LogP contribution in [0.3, 0.4) is 0 Å². The molecule has 0 fully saturated rings. The van der Waals surface area contributed by atoms with E-state index in [2.05, 4.69) is 23.8 Å². The van der Waals surface area contributed by atoms with Gasteiger partial charge in [-0.05, 0) is 56.2 Å². The molecule has 1 aromatic carbocycles. The fraction of sp³-hybridized carbons (Fsp3) is 0.421. The number of amides is 1. The Morgan fingerprint density at radius 1 is 1.33 bits per heavy atom. The number of carbonyl (C=O) groups excluding carboxylic acids is 1. The lowest BCUT2D eigenvalue weighted by atomic mass is 10.1. The number of ether oxygens (including phenoxy) is 1. The van der Waals surface area contributed by atoms with Crippen molar-refractivity contribution >= 4 is 17.5 Å². The molecular formula is C19H23ClN2O2. The maximum atomic E-state index is 12.5. The van der Waals surface area contributed by atoms with Crippen LogP contribution in [0.15, 0.2) is 36.5 Å². The molecule has 2 heterocycles. The number of nitrogens with zero attached hydrogens (tertiary/aromatic N) is 2. The summed E-state index contributed by atoms with van der Waals surface area (Å²) < 4.78 is 7.99. The van der Waals surface area contributed by atoms with Gasteiger partial charge in [0.25, 0.3) is 0 Å². The first-order chi connectivity index (χ1) is 11.6. The van der Waals surface area contributed by atoms with E-state index in [1.165, 1.54) is 5.69 Å². The maximum Gasteiger partial charge on any atom is 0.223 e. The first-order valence-electron chi connectivity index (χ1n) is 8.39. The monoisotopic (exact) mass is 346 g/mol. The first-order valence-corrected chi connectivity index (χ1v) is 8.77. The lowest BCUT2D eigenvalue weighted by molar-refractivity contribution is -0.134. The minimum atomic E-state index is 0.140. The van der Waals surface area contributed by atoms with Crippen LogP contribution in [0, 0.1) is 6.92 Å². The molecular weight excluding hydrogens is 324 g/mol. The Labute approximate surface area is 148 Å². The van der Waals surface area contributed by atoms with Gasteiger partial charge in [-0.25, -0.2) is 0 Å². The van der Waals surface area contributed by atoms with Crippen molar-refractivity contribution in [1.82, 2.24) is 9.47 Å². The lowest BCUT2D eigenvalue weighted by Gasteiger charge is -2.35. The fourth-order valence-electron chi connectivity index (χ4n) is 3.24. The van der Waals surface area contributed by atoms with E-state index in [-0.39, 0.29) is 11.9 Å². The van der Waals surface area contributed by atoms with Crippen LogP contribution in [-0.2, 0) is 11.3 Å². The zero-order valence-corrected chi connectivity index (χ0v) is 14.9. The Hall–Kier alpha value is -1.94. The van der Waals surface area contributed by atoms with Crippen molar-refractivity contribution in [3.8, 4) is 5.75 Å². The maximum absolute atomic E-state index is 12.5. The number of aromatic nitrogens is 1. The van der Waals surface area contributed by atoms with Crippen LogP contribution in [0.25, 0.3) is 0 Å². The van der Waals surface area contributed by atoms with E-state index in [1.54, 1.807) is 0 Å². The number of rotatable bonds is 5. The van der Waals surface area contributed by atoms with Crippen molar-refractivity contribution < 1.29 is 9.53 Å². The van der Waals surface area contributed by atoms with E-state index < -0.39 is 0 Å². The van der Waals surface area contributed by atoms with Gasteiger partial charge >= 0.3 is 0 Å². The van der Waals surface area contributed by atoms with Gasteiger partial charge < -0.3 is 14.2 Å². The van der Waals surface area contributed by atoms with Crippen molar-refractivity contribution in [3.63, 3.8) is 0 Å². The molecule has 0 radical (unpaired) electrons. The Balaban J connectivity index is 1.48.